The first kappa shape index (κ1) is 13.8. The van der Waals surface area contributed by atoms with Gasteiger partial charge in [0.25, 0.3) is 0 Å². The number of benzene rings is 2. The zero-order valence-corrected chi connectivity index (χ0v) is 11.5. The standard InChI is InChI=1S/C15H18.C2H6/c1-3-12(2)10-13-8-9-14-6-4-5-7-15(14)11-13;1-2/h4-9,11-12H,3,10H2,1-2H3;1-2H3. The average Bonchev–Trinajstić information content (AvgIpc) is 2.41. The third-order valence-corrected chi connectivity index (χ3v) is 3.09. The summed E-state index contributed by atoms with van der Waals surface area (Å²) >= 11 is 0. The van der Waals surface area contributed by atoms with Gasteiger partial charge in [-0.2, -0.15) is 0 Å². The monoisotopic (exact) mass is 228 g/mol. The van der Waals surface area contributed by atoms with Crippen molar-refractivity contribution in [3.63, 3.8) is 0 Å². The molecule has 0 nitrogen and oxygen atoms in total. The Morgan fingerprint density at radius 2 is 1.59 bits per heavy atom. The second-order valence-electron chi connectivity index (χ2n) is 4.40. The summed E-state index contributed by atoms with van der Waals surface area (Å²) in [5.41, 5.74) is 1.46. The van der Waals surface area contributed by atoms with Gasteiger partial charge < -0.3 is 0 Å². The first-order valence-electron chi connectivity index (χ1n) is 6.77. The Morgan fingerprint density at radius 1 is 0.941 bits per heavy atom. The van der Waals surface area contributed by atoms with E-state index >= 15 is 0 Å². The summed E-state index contributed by atoms with van der Waals surface area (Å²) in [4.78, 5) is 0. The maximum atomic E-state index is 2.32. The van der Waals surface area contributed by atoms with E-state index in [0.29, 0.717) is 0 Å². The maximum absolute atomic E-state index is 2.32. The Bertz CT molecular complexity index is 442. The zero-order valence-electron chi connectivity index (χ0n) is 11.5. The summed E-state index contributed by atoms with van der Waals surface area (Å²) in [6, 6.07) is 15.4. The van der Waals surface area contributed by atoms with Crippen molar-refractivity contribution in [2.75, 3.05) is 0 Å². The smallest absolute Gasteiger partial charge is 0.0181 e. The van der Waals surface area contributed by atoms with E-state index in [1.54, 1.807) is 0 Å². The molecule has 0 heteroatoms. The summed E-state index contributed by atoms with van der Waals surface area (Å²) in [6.45, 7) is 8.57. The third kappa shape index (κ3) is 3.89. The Balaban J connectivity index is 0.000000686. The number of fused-ring (bicyclic) bond motifs is 1. The molecule has 0 bridgehead atoms. The lowest BCUT2D eigenvalue weighted by Gasteiger charge is -2.09. The molecule has 0 aliphatic rings. The summed E-state index contributed by atoms with van der Waals surface area (Å²) in [5.74, 6) is 0.783. The van der Waals surface area contributed by atoms with E-state index in [1.165, 1.54) is 29.2 Å². The van der Waals surface area contributed by atoms with Crippen molar-refractivity contribution in [2.24, 2.45) is 5.92 Å². The van der Waals surface area contributed by atoms with E-state index in [1.807, 2.05) is 13.8 Å². The van der Waals surface area contributed by atoms with Crippen molar-refractivity contribution >= 4 is 10.8 Å². The molecular formula is C17H24. The van der Waals surface area contributed by atoms with Crippen molar-refractivity contribution in [2.45, 2.75) is 40.5 Å². The Labute approximate surface area is 106 Å². The zero-order chi connectivity index (χ0) is 12.7. The van der Waals surface area contributed by atoms with Gasteiger partial charge in [0.05, 0.1) is 0 Å². The van der Waals surface area contributed by atoms with Crippen LogP contribution in [0, 0.1) is 5.92 Å². The predicted molar refractivity (Wildman–Crippen MR) is 78.5 cm³/mol. The van der Waals surface area contributed by atoms with Crippen LogP contribution in [-0.4, -0.2) is 0 Å². The van der Waals surface area contributed by atoms with Crippen LogP contribution in [0.15, 0.2) is 42.5 Å². The van der Waals surface area contributed by atoms with E-state index in [4.69, 9.17) is 0 Å². The molecule has 1 unspecified atom stereocenters. The van der Waals surface area contributed by atoms with E-state index < -0.39 is 0 Å². The molecule has 2 aromatic carbocycles. The average molecular weight is 228 g/mol. The number of rotatable bonds is 3. The molecule has 0 heterocycles. The van der Waals surface area contributed by atoms with Crippen LogP contribution in [0.2, 0.25) is 0 Å². The molecule has 0 spiro atoms. The fraction of sp³-hybridized carbons (Fsp3) is 0.412. The summed E-state index contributed by atoms with van der Waals surface area (Å²) in [5, 5.41) is 2.70. The van der Waals surface area contributed by atoms with Crippen LogP contribution >= 0.6 is 0 Å². The summed E-state index contributed by atoms with van der Waals surface area (Å²) < 4.78 is 0. The predicted octanol–water partition coefficient (Wildman–Crippen LogP) is 5.45. The van der Waals surface area contributed by atoms with Gasteiger partial charge in [0.2, 0.25) is 0 Å². The molecule has 2 aromatic rings. The highest BCUT2D eigenvalue weighted by Crippen LogP contribution is 2.18. The first-order chi connectivity index (χ1) is 8.29. The van der Waals surface area contributed by atoms with E-state index in [9.17, 15) is 0 Å². The van der Waals surface area contributed by atoms with Crippen LogP contribution in [0.1, 0.15) is 39.7 Å². The quantitative estimate of drug-likeness (QED) is 0.655. The molecule has 0 amide bonds. The van der Waals surface area contributed by atoms with Gasteiger partial charge in [-0.05, 0) is 28.7 Å². The molecule has 17 heavy (non-hydrogen) atoms. The normalized spacial score (nSPS) is 11.8. The summed E-state index contributed by atoms with van der Waals surface area (Å²) in [6.07, 6.45) is 2.45. The van der Waals surface area contributed by atoms with Crippen molar-refractivity contribution < 1.29 is 0 Å². The molecule has 0 radical (unpaired) electrons. The molecule has 0 aliphatic heterocycles. The van der Waals surface area contributed by atoms with Crippen molar-refractivity contribution in [3.05, 3.63) is 48.0 Å². The van der Waals surface area contributed by atoms with E-state index in [0.717, 1.165) is 5.92 Å². The summed E-state index contributed by atoms with van der Waals surface area (Å²) in [7, 11) is 0. The van der Waals surface area contributed by atoms with Crippen molar-refractivity contribution in [3.8, 4) is 0 Å². The van der Waals surface area contributed by atoms with Crippen LogP contribution in [0.5, 0.6) is 0 Å². The third-order valence-electron chi connectivity index (χ3n) is 3.09. The first-order valence-corrected chi connectivity index (χ1v) is 6.77. The Hall–Kier alpha value is -1.30. The molecular weight excluding hydrogens is 204 g/mol. The lowest BCUT2D eigenvalue weighted by Crippen LogP contribution is -1.97. The van der Waals surface area contributed by atoms with Gasteiger partial charge >= 0.3 is 0 Å². The fourth-order valence-corrected chi connectivity index (χ4v) is 1.91. The van der Waals surface area contributed by atoms with Crippen LogP contribution in [0.25, 0.3) is 10.8 Å². The minimum absolute atomic E-state index is 0.783. The minimum Gasteiger partial charge on any atom is -0.0683 e. The topological polar surface area (TPSA) is 0 Å². The van der Waals surface area contributed by atoms with Crippen LogP contribution in [0.3, 0.4) is 0 Å². The van der Waals surface area contributed by atoms with Crippen molar-refractivity contribution in [1.82, 2.24) is 0 Å². The lowest BCUT2D eigenvalue weighted by atomic mass is 9.97. The molecule has 0 saturated carbocycles. The highest BCUT2D eigenvalue weighted by molar-refractivity contribution is 5.82. The molecule has 0 N–H and O–H groups in total. The van der Waals surface area contributed by atoms with Gasteiger partial charge in [-0.25, -0.2) is 0 Å². The Morgan fingerprint density at radius 3 is 2.24 bits per heavy atom. The van der Waals surface area contributed by atoms with Gasteiger partial charge in [-0.1, -0.05) is 76.6 Å². The second-order valence-corrected chi connectivity index (χ2v) is 4.40. The highest BCUT2D eigenvalue weighted by atomic mass is 14.1. The van der Waals surface area contributed by atoms with E-state index in [2.05, 4.69) is 56.3 Å². The molecule has 2 rings (SSSR count). The lowest BCUT2D eigenvalue weighted by molar-refractivity contribution is 0.560. The largest absolute Gasteiger partial charge is 0.0683 e. The molecule has 0 fully saturated rings. The van der Waals surface area contributed by atoms with Crippen LogP contribution in [0.4, 0.5) is 0 Å². The van der Waals surface area contributed by atoms with Crippen molar-refractivity contribution in [1.29, 1.82) is 0 Å². The van der Waals surface area contributed by atoms with Gasteiger partial charge in [-0.3, -0.25) is 0 Å². The van der Waals surface area contributed by atoms with E-state index in [-0.39, 0.29) is 0 Å². The maximum Gasteiger partial charge on any atom is -0.0181 e. The molecule has 0 aliphatic carbocycles. The number of hydrogen-bond donors (Lipinski definition) is 0. The Kier molecular flexibility index (Phi) is 5.76. The second kappa shape index (κ2) is 7.11. The van der Waals surface area contributed by atoms with Gasteiger partial charge in [0.15, 0.2) is 0 Å². The highest BCUT2D eigenvalue weighted by Gasteiger charge is 2.01. The molecule has 0 aromatic heterocycles. The molecule has 0 saturated heterocycles. The van der Waals surface area contributed by atoms with Gasteiger partial charge in [0, 0.05) is 0 Å². The molecule has 1 atom stereocenters. The number of hydrogen-bond acceptors (Lipinski definition) is 0. The SMILES string of the molecule is CC.CCC(C)Cc1ccc2ccccc2c1. The fourth-order valence-electron chi connectivity index (χ4n) is 1.91. The van der Waals surface area contributed by atoms with Crippen LogP contribution in [-0.2, 0) is 6.42 Å². The van der Waals surface area contributed by atoms with Gasteiger partial charge in [0.1, 0.15) is 0 Å². The van der Waals surface area contributed by atoms with Crippen LogP contribution < -0.4 is 0 Å². The van der Waals surface area contributed by atoms with Gasteiger partial charge in [-0.15, -0.1) is 0 Å². The molecule has 92 valence electrons. The minimum atomic E-state index is 0.783.